The minimum absolute atomic E-state index is 0.0378. The first-order valence-electron chi connectivity index (χ1n) is 9.45. The average molecular weight is 513 g/mol. The van der Waals surface area contributed by atoms with E-state index in [2.05, 4.69) is 15.9 Å². The molecule has 6 nitrogen and oxygen atoms in total. The number of carboxylic acid groups (broad SMARTS) is 1. The Labute approximate surface area is 187 Å². The third kappa shape index (κ3) is 3.55. The van der Waals surface area contributed by atoms with Gasteiger partial charge in [-0.2, -0.15) is 0 Å². The monoisotopic (exact) mass is 511 g/mol. The van der Waals surface area contributed by atoms with Crippen LogP contribution in [0.2, 0.25) is 5.02 Å². The maximum atomic E-state index is 13.4. The Bertz CT molecular complexity index is 1110. The Morgan fingerprint density at radius 2 is 1.73 bits per heavy atom. The van der Waals surface area contributed by atoms with E-state index < -0.39 is 32.5 Å². The van der Waals surface area contributed by atoms with Crippen molar-refractivity contribution in [1.29, 1.82) is 0 Å². The number of hydrogen-bond acceptors (Lipinski definition) is 4. The second-order valence-electron chi connectivity index (χ2n) is 7.73. The smallest absolute Gasteiger partial charge is 0.326 e. The van der Waals surface area contributed by atoms with Crippen LogP contribution in [0.5, 0.6) is 0 Å². The molecule has 1 amide bonds. The molecule has 0 radical (unpaired) electrons. The first-order chi connectivity index (χ1) is 14.2. The molecule has 158 valence electrons. The summed E-state index contributed by atoms with van der Waals surface area (Å²) in [5.41, 5.74) is 0.0366. The van der Waals surface area contributed by atoms with Crippen LogP contribution in [-0.2, 0) is 24.8 Å². The number of benzene rings is 2. The van der Waals surface area contributed by atoms with E-state index in [-0.39, 0.29) is 28.8 Å². The van der Waals surface area contributed by atoms with Gasteiger partial charge in [-0.15, -0.1) is 0 Å². The van der Waals surface area contributed by atoms with Crippen molar-refractivity contribution in [2.45, 2.75) is 40.9 Å². The maximum absolute atomic E-state index is 13.4. The van der Waals surface area contributed by atoms with Crippen molar-refractivity contribution in [3.05, 3.63) is 63.6 Å². The Kier molecular flexibility index (Phi) is 5.45. The molecule has 1 aliphatic heterocycles. The van der Waals surface area contributed by atoms with E-state index in [9.17, 15) is 23.1 Å². The molecule has 2 fully saturated rings. The summed E-state index contributed by atoms with van der Waals surface area (Å²) >= 11 is 9.45. The molecule has 1 N–H and O–H groups in total. The summed E-state index contributed by atoms with van der Waals surface area (Å²) in [7, 11) is -3.89. The molecule has 0 aromatic heterocycles. The highest BCUT2D eigenvalue weighted by Gasteiger charge is 2.57. The molecule has 30 heavy (non-hydrogen) atoms. The predicted molar refractivity (Wildman–Crippen MR) is 115 cm³/mol. The Morgan fingerprint density at radius 1 is 1.10 bits per heavy atom. The fourth-order valence-electron chi connectivity index (χ4n) is 4.13. The summed E-state index contributed by atoms with van der Waals surface area (Å²) in [4.78, 5) is 26.5. The number of carboxylic acids is 1. The molecule has 1 saturated carbocycles. The molecule has 1 saturated heterocycles. The minimum atomic E-state index is -3.89. The number of halogens is 2. The van der Waals surface area contributed by atoms with Gasteiger partial charge in [0.15, 0.2) is 9.84 Å². The number of carbonyl (C=O) groups is 2. The Balaban J connectivity index is 1.65. The van der Waals surface area contributed by atoms with Gasteiger partial charge in [0.25, 0.3) is 0 Å². The molecule has 2 aromatic carbocycles. The van der Waals surface area contributed by atoms with Crippen LogP contribution in [0.15, 0.2) is 57.9 Å². The zero-order valence-corrected chi connectivity index (χ0v) is 19.0. The number of sulfone groups is 1. The van der Waals surface area contributed by atoms with Crippen LogP contribution in [0, 0.1) is 0 Å². The van der Waals surface area contributed by atoms with E-state index in [4.69, 9.17) is 11.6 Å². The van der Waals surface area contributed by atoms with Gasteiger partial charge in [0.2, 0.25) is 5.91 Å². The van der Waals surface area contributed by atoms with Crippen molar-refractivity contribution in [1.82, 2.24) is 4.90 Å². The van der Waals surface area contributed by atoms with Crippen LogP contribution >= 0.6 is 27.5 Å². The van der Waals surface area contributed by atoms with E-state index in [1.807, 2.05) is 24.3 Å². The van der Waals surface area contributed by atoms with Crippen molar-refractivity contribution in [2.75, 3.05) is 6.54 Å². The summed E-state index contributed by atoms with van der Waals surface area (Å²) in [5, 5.41) is 8.77. The van der Waals surface area contributed by atoms with Crippen LogP contribution < -0.4 is 0 Å². The molecule has 1 aliphatic carbocycles. The Hall–Kier alpha value is -1.90. The summed E-state index contributed by atoms with van der Waals surface area (Å²) in [5.74, 6) is -1.53. The first kappa shape index (κ1) is 21.3. The van der Waals surface area contributed by atoms with Crippen LogP contribution in [0.3, 0.4) is 0 Å². The minimum Gasteiger partial charge on any atom is -0.480 e. The lowest BCUT2D eigenvalue weighted by Gasteiger charge is -2.27. The van der Waals surface area contributed by atoms with Gasteiger partial charge in [-0.3, -0.25) is 4.79 Å². The molecule has 2 aromatic rings. The normalized spacial score (nSPS) is 22.7. The highest BCUT2D eigenvalue weighted by molar-refractivity contribution is 9.10. The summed E-state index contributed by atoms with van der Waals surface area (Å²) in [6.45, 7) is -0.165. The van der Waals surface area contributed by atoms with Crippen molar-refractivity contribution in [2.24, 2.45) is 0 Å². The van der Waals surface area contributed by atoms with Gasteiger partial charge in [0.1, 0.15) is 6.04 Å². The third-order valence-corrected chi connectivity index (χ3v) is 9.11. The van der Waals surface area contributed by atoms with Crippen molar-refractivity contribution in [3.63, 3.8) is 0 Å². The molecule has 2 atom stereocenters. The highest BCUT2D eigenvalue weighted by Crippen LogP contribution is 2.51. The fraction of sp³-hybridized carbons (Fsp3) is 0.333. The Morgan fingerprint density at radius 3 is 2.30 bits per heavy atom. The van der Waals surface area contributed by atoms with E-state index in [0.717, 1.165) is 10.0 Å². The second kappa shape index (κ2) is 7.66. The van der Waals surface area contributed by atoms with Gasteiger partial charge in [0, 0.05) is 11.0 Å². The molecule has 9 heteroatoms. The average Bonchev–Trinajstić information content (AvgIpc) is 3.38. The second-order valence-corrected chi connectivity index (χ2v) is 11.3. The molecule has 0 spiro atoms. The predicted octanol–water partition coefficient (Wildman–Crippen LogP) is 3.66. The zero-order chi connectivity index (χ0) is 21.7. The number of rotatable bonds is 5. The maximum Gasteiger partial charge on any atom is 0.326 e. The number of hydrogen-bond donors (Lipinski definition) is 1. The standard InChI is InChI=1S/C21H19BrClNO5S/c22-14-7-5-13(6-8-14)21(9-10-21)20(27)24-12-15(11-17(24)19(25)26)30(28,29)18-4-2-1-3-16(18)23/h1-8,15,17H,9-12H2,(H,25,26)/t15-,17+/m1/s1. The van der Waals surface area contributed by atoms with Crippen LogP contribution in [0.1, 0.15) is 24.8 Å². The molecule has 0 bridgehead atoms. The topological polar surface area (TPSA) is 91.8 Å². The molecule has 0 unspecified atom stereocenters. The van der Waals surface area contributed by atoms with Crippen molar-refractivity contribution < 1.29 is 23.1 Å². The fourth-order valence-corrected chi connectivity index (χ4v) is 6.61. The SMILES string of the molecule is O=C(O)[C@@H]1C[C@@H](S(=O)(=O)c2ccccc2Cl)CN1C(=O)C1(c2ccc(Br)cc2)CC1. The van der Waals surface area contributed by atoms with Crippen LogP contribution in [0.25, 0.3) is 0 Å². The van der Waals surface area contributed by atoms with E-state index in [1.165, 1.54) is 17.0 Å². The van der Waals surface area contributed by atoms with Gasteiger partial charge in [0.05, 0.1) is 20.6 Å². The molecule has 1 heterocycles. The molecule has 4 rings (SSSR count). The quantitative estimate of drug-likeness (QED) is 0.660. The van der Waals surface area contributed by atoms with Gasteiger partial charge in [-0.25, -0.2) is 13.2 Å². The number of aliphatic carboxylic acids is 1. The van der Waals surface area contributed by atoms with Crippen LogP contribution in [-0.4, -0.2) is 48.1 Å². The first-order valence-corrected chi connectivity index (χ1v) is 12.2. The van der Waals surface area contributed by atoms with Crippen molar-refractivity contribution >= 4 is 49.2 Å². The lowest BCUT2D eigenvalue weighted by Crippen LogP contribution is -2.46. The number of likely N-dealkylation sites (tertiary alicyclic amines) is 1. The van der Waals surface area contributed by atoms with Gasteiger partial charge >= 0.3 is 5.97 Å². The lowest BCUT2D eigenvalue weighted by molar-refractivity contribution is -0.149. The zero-order valence-electron chi connectivity index (χ0n) is 15.8. The molecule has 2 aliphatic rings. The summed E-state index contributed by atoms with van der Waals surface area (Å²) in [6, 6.07) is 12.3. The van der Waals surface area contributed by atoms with E-state index in [0.29, 0.717) is 12.8 Å². The van der Waals surface area contributed by atoms with E-state index >= 15 is 0 Å². The molecular weight excluding hydrogens is 494 g/mol. The summed E-state index contributed by atoms with van der Waals surface area (Å²) in [6.07, 6.45) is 1.06. The lowest BCUT2D eigenvalue weighted by atomic mass is 9.94. The number of carbonyl (C=O) groups excluding carboxylic acids is 1. The highest BCUT2D eigenvalue weighted by atomic mass is 79.9. The van der Waals surface area contributed by atoms with Gasteiger partial charge < -0.3 is 10.0 Å². The molecular formula is C21H19BrClNO5S. The third-order valence-electron chi connectivity index (χ3n) is 5.95. The van der Waals surface area contributed by atoms with Crippen molar-refractivity contribution in [3.8, 4) is 0 Å². The summed E-state index contributed by atoms with van der Waals surface area (Å²) < 4.78 is 27.2. The van der Waals surface area contributed by atoms with Crippen LogP contribution in [0.4, 0.5) is 0 Å². The number of nitrogens with zero attached hydrogens (tertiary/aromatic N) is 1. The number of amides is 1. The largest absolute Gasteiger partial charge is 0.480 e. The van der Waals surface area contributed by atoms with Gasteiger partial charge in [-0.05, 0) is 49.1 Å². The van der Waals surface area contributed by atoms with Gasteiger partial charge in [-0.1, -0.05) is 51.8 Å². The van der Waals surface area contributed by atoms with E-state index in [1.54, 1.807) is 12.1 Å².